The summed E-state index contributed by atoms with van der Waals surface area (Å²) in [5, 5.41) is 3.98. The van der Waals surface area contributed by atoms with Crippen molar-refractivity contribution in [3.05, 3.63) is 42.5 Å². The normalized spacial score (nSPS) is 13.0. The van der Waals surface area contributed by atoms with E-state index < -0.39 is 24.7 Å². The van der Waals surface area contributed by atoms with Crippen LogP contribution in [0.25, 0.3) is 10.8 Å². The molecule has 2 aromatic rings. The first-order valence-electron chi connectivity index (χ1n) is 6.84. The molecule has 2 aromatic carbocycles. The highest BCUT2D eigenvalue weighted by molar-refractivity contribution is 5.88. The molecular weight excluding hydrogens is 293 g/mol. The second kappa shape index (κ2) is 6.25. The SMILES string of the molecule is CC(C(=O)NCC(F)(F)F)N(C)c1ccc2ccccc2c1. The van der Waals surface area contributed by atoms with E-state index in [4.69, 9.17) is 0 Å². The van der Waals surface area contributed by atoms with E-state index in [1.54, 1.807) is 18.9 Å². The van der Waals surface area contributed by atoms with Crippen LogP contribution < -0.4 is 10.2 Å². The second-order valence-electron chi connectivity index (χ2n) is 5.15. The molecule has 0 saturated heterocycles. The smallest absolute Gasteiger partial charge is 0.363 e. The first kappa shape index (κ1) is 16.1. The number of rotatable bonds is 4. The van der Waals surface area contributed by atoms with Crippen LogP contribution in [0.5, 0.6) is 0 Å². The molecular formula is C16H17F3N2O. The molecule has 0 spiro atoms. The predicted octanol–water partition coefficient (Wildman–Crippen LogP) is 3.34. The number of amides is 1. The maximum atomic E-state index is 12.1. The Balaban J connectivity index is 2.11. The molecule has 0 radical (unpaired) electrons. The van der Waals surface area contributed by atoms with Crippen LogP contribution in [0.2, 0.25) is 0 Å². The summed E-state index contributed by atoms with van der Waals surface area (Å²) in [5.74, 6) is -0.659. The van der Waals surface area contributed by atoms with Gasteiger partial charge in [-0.05, 0) is 29.8 Å². The van der Waals surface area contributed by atoms with Crippen LogP contribution in [0, 0.1) is 0 Å². The number of benzene rings is 2. The molecule has 0 aliphatic rings. The van der Waals surface area contributed by atoms with E-state index in [0.717, 1.165) is 16.5 Å². The molecule has 0 aliphatic carbocycles. The minimum absolute atomic E-state index is 0.659. The molecule has 1 amide bonds. The molecule has 0 saturated carbocycles. The van der Waals surface area contributed by atoms with Gasteiger partial charge in [0.25, 0.3) is 0 Å². The topological polar surface area (TPSA) is 32.3 Å². The number of carbonyl (C=O) groups is 1. The van der Waals surface area contributed by atoms with Crippen molar-refractivity contribution in [2.45, 2.75) is 19.1 Å². The molecule has 6 heteroatoms. The van der Waals surface area contributed by atoms with E-state index in [9.17, 15) is 18.0 Å². The monoisotopic (exact) mass is 310 g/mol. The summed E-state index contributed by atoms with van der Waals surface area (Å²) in [4.78, 5) is 13.5. The van der Waals surface area contributed by atoms with Gasteiger partial charge in [0.15, 0.2) is 0 Å². The van der Waals surface area contributed by atoms with Crippen molar-refractivity contribution in [2.24, 2.45) is 0 Å². The van der Waals surface area contributed by atoms with Gasteiger partial charge in [-0.25, -0.2) is 0 Å². The standard InChI is InChI=1S/C16H17F3N2O/c1-11(15(22)20-10-16(17,18)19)21(2)14-8-7-12-5-3-4-6-13(12)9-14/h3-9,11H,10H2,1-2H3,(H,20,22). The summed E-state index contributed by atoms with van der Waals surface area (Å²) in [5.41, 5.74) is 0.772. The quantitative estimate of drug-likeness (QED) is 0.939. The molecule has 22 heavy (non-hydrogen) atoms. The summed E-state index contributed by atoms with van der Waals surface area (Å²) < 4.78 is 36.4. The lowest BCUT2D eigenvalue weighted by atomic mass is 10.1. The van der Waals surface area contributed by atoms with Gasteiger partial charge in [-0.3, -0.25) is 4.79 Å². The van der Waals surface area contributed by atoms with Crippen LogP contribution in [0.3, 0.4) is 0 Å². The van der Waals surface area contributed by atoms with E-state index in [0.29, 0.717) is 0 Å². The second-order valence-corrected chi connectivity index (χ2v) is 5.15. The molecule has 3 nitrogen and oxygen atoms in total. The Hall–Kier alpha value is -2.24. The van der Waals surface area contributed by atoms with Crippen LogP contribution in [0.1, 0.15) is 6.92 Å². The van der Waals surface area contributed by atoms with Crippen molar-refractivity contribution >= 4 is 22.4 Å². The Morgan fingerprint density at radius 3 is 2.45 bits per heavy atom. The summed E-state index contributed by atoms with van der Waals surface area (Å²) in [6, 6.07) is 12.7. The van der Waals surface area contributed by atoms with Crippen LogP contribution in [0.15, 0.2) is 42.5 Å². The molecule has 0 aliphatic heterocycles. The number of nitrogens with one attached hydrogen (secondary N) is 1. The van der Waals surface area contributed by atoms with Crippen molar-refractivity contribution in [1.29, 1.82) is 0 Å². The molecule has 118 valence electrons. The third-order valence-electron chi connectivity index (χ3n) is 3.56. The Labute approximate surface area is 126 Å². The van der Waals surface area contributed by atoms with Crippen molar-refractivity contribution in [2.75, 3.05) is 18.5 Å². The lowest BCUT2D eigenvalue weighted by molar-refractivity contribution is -0.138. The minimum Gasteiger partial charge on any atom is -0.363 e. The zero-order valence-electron chi connectivity index (χ0n) is 12.3. The number of halogens is 3. The lowest BCUT2D eigenvalue weighted by Gasteiger charge is -2.26. The fourth-order valence-electron chi connectivity index (χ4n) is 2.13. The van der Waals surface area contributed by atoms with Gasteiger partial charge >= 0.3 is 6.18 Å². The number of likely N-dealkylation sites (N-methyl/N-ethyl adjacent to an activating group) is 1. The average Bonchev–Trinajstić information content (AvgIpc) is 2.50. The van der Waals surface area contributed by atoms with Gasteiger partial charge in [0.05, 0.1) is 0 Å². The Morgan fingerprint density at radius 1 is 1.18 bits per heavy atom. The maximum Gasteiger partial charge on any atom is 0.405 e. The van der Waals surface area contributed by atoms with Crippen LogP contribution in [0.4, 0.5) is 18.9 Å². The van der Waals surface area contributed by atoms with Crippen molar-refractivity contribution in [1.82, 2.24) is 5.32 Å². The van der Waals surface area contributed by atoms with Crippen LogP contribution >= 0.6 is 0 Å². The van der Waals surface area contributed by atoms with Crippen LogP contribution in [-0.4, -0.2) is 31.7 Å². The van der Waals surface area contributed by atoms with Gasteiger partial charge in [0, 0.05) is 12.7 Å². The fraction of sp³-hybridized carbons (Fsp3) is 0.312. The van der Waals surface area contributed by atoms with Gasteiger partial charge in [-0.1, -0.05) is 30.3 Å². The van der Waals surface area contributed by atoms with E-state index in [-0.39, 0.29) is 0 Å². The molecule has 0 fully saturated rings. The number of alkyl halides is 3. The zero-order valence-corrected chi connectivity index (χ0v) is 12.3. The minimum atomic E-state index is -4.41. The first-order chi connectivity index (χ1) is 10.3. The van der Waals surface area contributed by atoms with Crippen molar-refractivity contribution in [3.63, 3.8) is 0 Å². The Bertz CT molecular complexity index is 670. The summed E-state index contributed by atoms with van der Waals surface area (Å²) in [7, 11) is 1.68. The lowest BCUT2D eigenvalue weighted by Crippen LogP contribution is -2.46. The van der Waals surface area contributed by atoms with E-state index >= 15 is 0 Å². The Morgan fingerprint density at radius 2 is 1.82 bits per heavy atom. The summed E-state index contributed by atoms with van der Waals surface area (Å²) in [6.45, 7) is 0.253. The molecule has 0 heterocycles. The van der Waals surface area contributed by atoms with Gasteiger partial charge in [-0.2, -0.15) is 13.2 Å². The number of hydrogen-bond donors (Lipinski definition) is 1. The third kappa shape index (κ3) is 3.90. The Kier molecular flexibility index (Phi) is 4.59. The fourth-order valence-corrected chi connectivity index (χ4v) is 2.13. The van der Waals surface area contributed by atoms with Crippen molar-refractivity contribution in [3.8, 4) is 0 Å². The number of nitrogens with zero attached hydrogens (tertiary/aromatic N) is 1. The van der Waals surface area contributed by atoms with Gasteiger partial charge < -0.3 is 10.2 Å². The van der Waals surface area contributed by atoms with Gasteiger partial charge in [0.2, 0.25) is 5.91 Å². The molecule has 1 unspecified atom stereocenters. The predicted molar refractivity (Wildman–Crippen MR) is 80.9 cm³/mol. The number of hydrogen-bond acceptors (Lipinski definition) is 2. The summed E-state index contributed by atoms with van der Waals surface area (Å²) >= 11 is 0. The molecule has 2 rings (SSSR count). The number of fused-ring (bicyclic) bond motifs is 1. The third-order valence-corrected chi connectivity index (χ3v) is 3.56. The van der Waals surface area contributed by atoms with Crippen molar-refractivity contribution < 1.29 is 18.0 Å². The molecule has 0 aromatic heterocycles. The van der Waals surface area contributed by atoms with Gasteiger partial charge in [0.1, 0.15) is 12.6 Å². The van der Waals surface area contributed by atoms with E-state index in [1.165, 1.54) is 0 Å². The highest BCUT2D eigenvalue weighted by Gasteiger charge is 2.29. The number of anilines is 1. The van der Waals surface area contributed by atoms with Gasteiger partial charge in [-0.15, -0.1) is 0 Å². The maximum absolute atomic E-state index is 12.1. The molecule has 0 bridgehead atoms. The highest BCUT2D eigenvalue weighted by atomic mass is 19.4. The first-order valence-corrected chi connectivity index (χ1v) is 6.84. The average molecular weight is 310 g/mol. The highest BCUT2D eigenvalue weighted by Crippen LogP contribution is 2.22. The number of carbonyl (C=O) groups excluding carboxylic acids is 1. The molecule has 1 N–H and O–H groups in total. The largest absolute Gasteiger partial charge is 0.405 e. The zero-order chi connectivity index (χ0) is 16.3. The van der Waals surface area contributed by atoms with E-state index in [1.807, 2.05) is 47.8 Å². The van der Waals surface area contributed by atoms with E-state index in [2.05, 4.69) is 0 Å². The summed E-state index contributed by atoms with van der Waals surface area (Å²) in [6.07, 6.45) is -4.41. The molecule has 1 atom stereocenters. The van der Waals surface area contributed by atoms with Crippen LogP contribution in [-0.2, 0) is 4.79 Å².